The van der Waals surface area contributed by atoms with Gasteiger partial charge in [0.15, 0.2) is 0 Å². The van der Waals surface area contributed by atoms with Crippen LogP contribution in [0.2, 0.25) is 0 Å². The van der Waals surface area contributed by atoms with Crippen LogP contribution in [0.3, 0.4) is 0 Å². The van der Waals surface area contributed by atoms with Crippen LogP contribution < -0.4 is 5.32 Å². The Labute approximate surface area is 148 Å². The average molecular weight is 340 g/mol. The molecule has 4 heteroatoms. The summed E-state index contributed by atoms with van der Waals surface area (Å²) in [4.78, 5) is 11.2. The fraction of sp³-hybridized carbons (Fsp3) is 0.850. The van der Waals surface area contributed by atoms with E-state index in [9.17, 15) is 9.90 Å². The lowest BCUT2D eigenvalue weighted by atomic mass is 10.0. The first-order chi connectivity index (χ1) is 11.7. The monoisotopic (exact) mass is 339 g/mol. The van der Waals surface area contributed by atoms with Crippen molar-refractivity contribution in [3.05, 3.63) is 12.2 Å². The molecule has 0 spiro atoms. The molecule has 1 unspecified atom stereocenters. The van der Waals surface area contributed by atoms with Crippen LogP contribution in [0.15, 0.2) is 12.2 Å². The van der Waals surface area contributed by atoms with E-state index < -0.39 is 6.10 Å². The molecule has 1 rings (SSSR count). The number of carbonyl (C=O) groups excluding carboxylic acids is 1. The van der Waals surface area contributed by atoms with Crippen molar-refractivity contribution in [1.82, 2.24) is 5.32 Å². The van der Waals surface area contributed by atoms with Crippen LogP contribution in [-0.2, 0) is 9.53 Å². The van der Waals surface area contributed by atoms with Crippen molar-refractivity contribution in [3.63, 3.8) is 0 Å². The van der Waals surface area contributed by atoms with Gasteiger partial charge >= 0.3 is 0 Å². The van der Waals surface area contributed by atoms with Crippen LogP contribution in [0, 0.1) is 0 Å². The van der Waals surface area contributed by atoms with Crippen LogP contribution >= 0.6 is 0 Å². The number of ether oxygens (including phenoxy) is 1. The molecule has 0 saturated carbocycles. The zero-order chi connectivity index (χ0) is 17.5. The number of morpholine rings is 1. The Balaban J connectivity index is 1.88. The lowest BCUT2D eigenvalue weighted by Crippen LogP contribution is -2.51. The molecule has 1 fully saturated rings. The molecule has 0 bridgehead atoms. The van der Waals surface area contributed by atoms with Gasteiger partial charge in [0.05, 0.1) is 18.8 Å². The fourth-order valence-corrected chi connectivity index (χ4v) is 3.05. The fourth-order valence-electron chi connectivity index (χ4n) is 3.05. The van der Waals surface area contributed by atoms with Crippen molar-refractivity contribution >= 4 is 5.91 Å². The molecule has 1 amide bonds. The molecule has 140 valence electrons. The normalized spacial score (nSPS) is 19.6. The highest BCUT2D eigenvalue weighted by molar-refractivity contribution is 5.78. The van der Waals surface area contributed by atoms with Crippen LogP contribution in [0.5, 0.6) is 0 Å². The highest BCUT2D eigenvalue weighted by Crippen LogP contribution is 2.12. The van der Waals surface area contributed by atoms with Gasteiger partial charge in [0.2, 0.25) is 5.91 Å². The van der Waals surface area contributed by atoms with Gasteiger partial charge < -0.3 is 15.2 Å². The smallest absolute Gasteiger partial charge is 0.246 e. The zero-order valence-electron chi connectivity index (χ0n) is 15.5. The number of aliphatic hydroxyl groups excluding tert-OH is 1. The van der Waals surface area contributed by atoms with E-state index in [0.717, 1.165) is 6.42 Å². The molecule has 1 saturated heterocycles. The summed E-state index contributed by atoms with van der Waals surface area (Å²) in [6.45, 7) is 2.75. The maximum absolute atomic E-state index is 11.2. The molecule has 1 aliphatic heterocycles. The Morgan fingerprint density at radius 3 is 2.25 bits per heavy atom. The van der Waals surface area contributed by atoms with E-state index in [1.807, 2.05) is 6.08 Å². The highest BCUT2D eigenvalue weighted by Gasteiger charge is 2.23. The van der Waals surface area contributed by atoms with E-state index in [1.54, 1.807) is 6.08 Å². The third kappa shape index (κ3) is 10.8. The standard InChI is InChI=1S/C20H37NO3/c1-2-3-4-5-6-7-8-9-10-11-12-13-14-15-19(22)18-16-24-17-20(23)21-18/h14-15,18-19,22H,2-13,16-17H2,1H3,(H,21,23)/b15-14+/t18?,19-/m1/s1. The summed E-state index contributed by atoms with van der Waals surface area (Å²) in [7, 11) is 0. The summed E-state index contributed by atoms with van der Waals surface area (Å²) in [5.74, 6) is -0.149. The first kappa shape index (κ1) is 21.2. The topological polar surface area (TPSA) is 58.6 Å². The molecule has 0 aliphatic carbocycles. The third-order valence-corrected chi connectivity index (χ3v) is 4.60. The van der Waals surface area contributed by atoms with Crippen molar-refractivity contribution in [2.45, 2.75) is 96.1 Å². The molecule has 1 aliphatic rings. The molecule has 24 heavy (non-hydrogen) atoms. The van der Waals surface area contributed by atoms with Crippen LogP contribution in [0.1, 0.15) is 84.0 Å². The lowest BCUT2D eigenvalue weighted by molar-refractivity contribution is -0.133. The second kappa shape index (κ2) is 14.5. The SMILES string of the molecule is CCCCCCCCCCCCC/C=C/[C@@H](O)C1COCC(=O)N1. The van der Waals surface area contributed by atoms with E-state index >= 15 is 0 Å². The minimum absolute atomic E-state index is 0.103. The molecule has 0 radical (unpaired) electrons. The van der Waals surface area contributed by atoms with E-state index in [1.165, 1.54) is 70.6 Å². The predicted octanol–water partition coefficient (Wildman–Crippen LogP) is 4.12. The molecule has 2 N–H and O–H groups in total. The number of nitrogens with one attached hydrogen (secondary N) is 1. The summed E-state index contributed by atoms with van der Waals surface area (Å²) in [5, 5.41) is 12.7. The van der Waals surface area contributed by atoms with Gasteiger partial charge in [-0.1, -0.05) is 83.3 Å². The number of hydrogen-bond acceptors (Lipinski definition) is 3. The number of carbonyl (C=O) groups is 1. The van der Waals surface area contributed by atoms with Crippen molar-refractivity contribution in [1.29, 1.82) is 0 Å². The zero-order valence-corrected chi connectivity index (χ0v) is 15.5. The van der Waals surface area contributed by atoms with Gasteiger partial charge in [0, 0.05) is 0 Å². The number of hydrogen-bond donors (Lipinski definition) is 2. The maximum atomic E-state index is 11.2. The lowest BCUT2D eigenvalue weighted by Gasteiger charge is -2.26. The minimum atomic E-state index is -0.651. The summed E-state index contributed by atoms with van der Waals surface area (Å²) >= 11 is 0. The van der Waals surface area contributed by atoms with Gasteiger partial charge in [-0.2, -0.15) is 0 Å². The largest absolute Gasteiger partial charge is 0.387 e. The van der Waals surface area contributed by atoms with Gasteiger partial charge in [-0.15, -0.1) is 0 Å². The van der Waals surface area contributed by atoms with Gasteiger partial charge in [-0.05, 0) is 12.8 Å². The van der Waals surface area contributed by atoms with E-state index in [0.29, 0.717) is 6.61 Å². The number of unbranched alkanes of at least 4 members (excludes halogenated alkanes) is 11. The second-order valence-electron chi connectivity index (χ2n) is 6.93. The Morgan fingerprint density at radius 1 is 1.08 bits per heavy atom. The Kier molecular flexibility index (Phi) is 12.8. The molecule has 0 aromatic rings. The van der Waals surface area contributed by atoms with E-state index in [-0.39, 0.29) is 18.6 Å². The number of allylic oxidation sites excluding steroid dienone is 1. The number of rotatable bonds is 14. The summed E-state index contributed by atoms with van der Waals surface area (Å²) in [5.41, 5.74) is 0. The minimum Gasteiger partial charge on any atom is -0.387 e. The Morgan fingerprint density at radius 2 is 1.67 bits per heavy atom. The van der Waals surface area contributed by atoms with E-state index in [2.05, 4.69) is 12.2 Å². The quantitative estimate of drug-likeness (QED) is 0.370. The van der Waals surface area contributed by atoms with Crippen molar-refractivity contribution in [3.8, 4) is 0 Å². The van der Waals surface area contributed by atoms with Gasteiger partial charge in [0.25, 0.3) is 0 Å². The first-order valence-corrected chi connectivity index (χ1v) is 9.96. The third-order valence-electron chi connectivity index (χ3n) is 4.60. The molecule has 0 aromatic carbocycles. The maximum Gasteiger partial charge on any atom is 0.246 e. The Hall–Kier alpha value is -0.870. The van der Waals surface area contributed by atoms with Crippen molar-refractivity contribution in [2.24, 2.45) is 0 Å². The first-order valence-electron chi connectivity index (χ1n) is 9.96. The van der Waals surface area contributed by atoms with Crippen LogP contribution in [0.4, 0.5) is 0 Å². The van der Waals surface area contributed by atoms with Crippen molar-refractivity contribution in [2.75, 3.05) is 13.2 Å². The number of amides is 1. The van der Waals surface area contributed by atoms with Crippen LogP contribution in [-0.4, -0.2) is 36.4 Å². The van der Waals surface area contributed by atoms with Gasteiger partial charge in [0.1, 0.15) is 6.61 Å². The van der Waals surface area contributed by atoms with Crippen molar-refractivity contribution < 1.29 is 14.6 Å². The molecule has 1 heterocycles. The van der Waals surface area contributed by atoms with Crippen LogP contribution in [0.25, 0.3) is 0 Å². The Bertz CT molecular complexity index is 344. The summed E-state index contributed by atoms with van der Waals surface area (Å²) in [6, 6.07) is -0.306. The van der Waals surface area contributed by atoms with Gasteiger partial charge in [-0.3, -0.25) is 4.79 Å². The second-order valence-corrected chi connectivity index (χ2v) is 6.93. The predicted molar refractivity (Wildman–Crippen MR) is 99.0 cm³/mol. The van der Waals surface area contributed by atoms with E-state index in [4.69, 9.17) is 4.74 Å². The summed E-state index contributed by atoms with van der Waals surface area (Å²) in [6.07, 6.45) is 19.0. The van der Waals surface area contributed by atoms with Gasteiger partial charge in [-0.25, -0.2) is 0 Å². The highest BCUT2D eigenvalue weighted by atomic mass is 16.5. The molecular formula is C20H37NO3. The molecular weight excluding hydrogens is 302 g/mol. The number of aliphatic hydroxyl groups is 1. The summed E-state index contributed by atoms with van der Waals surface area (Å²) < 4.78 is 5.13. The molecule has 4 nitrogen and oxygen atoms in total. The molecule has 0 aromatic heterocycles. The molecule has 2 atom stereocenters. The average Bonchev–Trinajstić information content (AvgIpc) is 2.59.